The first kappa shape index (κ1) is 12.8. The first-order valence-corrected chi connectivity index (χ1v) is 5.32. The standard InChI is InChI=1S/C12H15NO2.ClH/c14-12(15)6-3-8-13-9-7-10-4-1-2-5-11(10)13;/h1-2,4-5H,3,6-9H2,(H,14,15);1H. The fraction of sp³-hybridized carbons (Fsp3) is 0.417. The summed E-state index contributed by atoms with van der Waals surface area (Å²) in [5.74, 6) is -0.706. The van der Waals surface area contributed by atoms with Gasteiger partial charge in [0.05, 0.1) is 0 Å². The van der Waals surface area contributed by atoms with Crippen molar-refractivity contribution in [3.05, 3.63) is 29.8 Å². The Kier molecular flexibility index (Phi) is 4.62. The van der Waals surface area contributed by atoms with Crippen LogP contribution in [0.4, 0.5) is 5.69 Å². The monoisotopic (exact) mass is 241 g/mol. The lowest BCUT2D eigenvalue weighted by Gasteiger charge is -2.18. The second-order valence-corrected chi connectivity index (χ2v) is 3.86. The van der Waals surface area contributed by atoms with Gasteiger partial charge in [-0.15, -0.1) is 12.4 Å². The number of carboxylic acid groups (broad SMARTS) is 1. The van der Waals surface area contributed by atoms with Gasteiger partial charge in [0.2, 0.25) is 0 Å². The smallest absolute Gasteiger partial charge is 0.303 e. The Bertz CT molecular complexity index is 368. The normalized spacial score (nSPS) is 13.1. The van der Waals surface area contributed by atoms with E-state index in [0.29, 0.717) is 0 Å². The summed E-state index contributed by atoms with van der Waals surface area (Å²) >= 11 is 0. The molecule has 0 aromatic heterocycles. The van der Waals surface area contributed by atoms with Crippen molar-refractivity contribution < 1.29 is 9.90 Å². The minimum atomic E-state index is -0.706. The van der Waals surface area contributed by atoms with Crippen LogP contribution in [0.1, 0.15) is 18.4 Å². The number of hydrogen-bond acceptors (Lipinski definition) is 2. The summed E-state index contributed by atoms with van der Waals surface area (Å²) in [5.41, 5.74) is 2.66. The summed E-state index contributed by atoms with van der Waals surface area (Å²) < 4.78 is 0. The number of anilines is 1. The number of rotatable bonds is 4. The Morgan fingerprint density at radius 1 is 1.38 bits per heavy atom. The quantitative estimate of drug-likeness (QED) is 0.880. The lowest BCUT2D eigenvalue weighted by atomic mass is 10.2. The zero-order valence-electron chi connectivity index (χ0n) is 9.06. The Morgan fingerprint density at radius 3 is 2.88 bits per heavy atom. The Hall–Kier alpha value is -1.22. The highest BCUT2D eigenvalue weighted by Gasteiger charge is 2.17. The number of halogens is 1. The zero-order valence-corrected chi connectivity index (χ0v) is 9.87. The van der Waals surface area contributed by atoms with E-state index < -0.39 is 5.97 Å². The van der Waals surface area contributed by atoms with Crippen molar-refractivity contribution in [2.45, 2.75) is 19.3 Å². The molecule has 0 fully saturated rings. The highest BCUT2D eigenvalue weighted by atomic mass is 35.5. The third-order valence-corrected chi connectivity index (χ3v) is 2.80. The van der Waals surface area contributed by atoms with Gasteiger partial charge in [-0.1, -0.05) is 18.2 Å². The number of nitrogens with zero attached hydrogens (tertiary/aromatic N) is 1. The molecule has 0 unspecified atom stereocenters. The minimum absolute atomic E-state index is 0. The Morgan fingerprint density at radius 2 is 2.12 bits per heavy atom. The van der Waals surface area contributed by atoms with Crippen molar-refractivity contribution in [2.75, 3.05) is 18.0 Å². The van der Waals surface area contributed by atoms with Crippen LogP contribution in [-0.2, 0) is 11.2 Å². The number of carboxylic acids is 1. The van der Waals surface area contributed by atoms with Gasteiger partial charge in [-0.3, -0.25) is 4.79 Å². The molecule has 1 aliphatic heterocycles. The zero-order chi connectivity index (χ0) is 10.7. The first-order chi connectivity index (χ1) is 7.27. The van der Waals surface area contributed by atoms with Crippen LogP contribution in [0.25, 0.3) is 0 Å². The summed E-state index contributed by atoms with van der Waals surface area (Å²) in [6.45, 7) is 1.88. The molecule has 1 heterocycles. The van der Waals surface area contributed by atoms with Crippen LogP contribution in [-0.4, -0.2) is 24.2 Å². The van der Waals surface area contributed by atoms with E-state index in [0.717, 1.165) is 25.9 Å². The number of hydrogen-bond donors (Lipinski definition) is 1. The molecule has 1 aromatic rings. The molecule has 0 aliphatic carbocycles. The molecule has 0 radical (unpaired) electrons. The molecular weight excluding hydrogens is 226 g/mol. The van der Waals surface area contributed by atoms with E-state index in [2.05, 4.69) is 23.1 Å². The molecule has 2 rings (SSSR count). The molecule has 16 heavy (non-hydrogen) atoms. The van der Waals surface area contributed by atoms with Gasteiger partial charge in [0, 0.05) is 25.2 Å². The maximum Gasteiger partial charge on any atom is 0.303 e. The molecule has 0 saturated carbocycles. The van der Waals surface area contributed by atoms with Crippen molar-refractivity contribution in [1.29, 1.82) is 0 Å². The second kappa shape index (κ2) is 5.75. The molecule has 0 amide bonds. The van der Waals surface area contributed by atoms with Gasteiger partial charge >= 0.3 is 5.97 Å². The highest BCUT2D eigenvalue weighted by molar-refractivity contribution is 5.85. The van der Waals surface area contributed by atoms with Crippen LogP contribution >= 0.6 is 12.4 Å². The fourth-order valence-electron chi connectivity index (χ4n) is 2.06. The topological polar surface area (TPSA) is 40.5 Å². The third-order valence-electron chi connectivity index (χ3n) is 2.80. The van der Waals surface area contributed by atoms with Gasteiger partial charge < -0.3 is 10.0 Å². The second-order valence-electron chi connectivity index (χ2n) is 3.86. The summed E-state index contributed by atoms with van der Waals surface area (Å²) in [6, 6.07) is 8.35. The van der Waals surface area contributed by atoms with E-state index in [-0.39, 0.29) is 18.8 Å². The van der Waals surface area contributed by atoms with Crippen LogP contribution in [0, 0.1) is 0 Å². The summed E-state index contributed by atoms with van der Waals surface area (Å²) in [6.07, 6.45) is 2.07. The third kappa shape index (κ3) is 2.89. The molecule has 0 saturated heterocycles. The van der Waals surface area contributed by atoms with Crippen LogP contribution < -0.4 is 4.90 Å². The van der Waals surface area contributed by atoms with Gasteiger partial charge in [-0.05, 0) is 24.5 Å². The van der Waals surface area contributed by atoms with E-state index in [4.69, 9.17) is 5.11 Å². The van der Waals surface area contributed by atoms with Gasteiger partial charge in [0.15, 0.2) is 0 Å². The average Bonchev–Trinajstić information content (AvgIpc) is 2.62. The summed E-state index contributed by atoms with van der Waals surface area (Å²) in [5, 5.41) is 8.56. The minimum Gasteiger partial charge on any atom is -0.481 e. The SMILES string of the molecule is Cl.O=C(O)CCCN1CCc2ccccc21. The van der Waals surface area contributed by atoms with Gasteiger partial charge in [0.25, 0.3) is 0 Å². The highest BCUT2D eigenvalue weighted by Crippen LogP contribution is 2.27. The van der Waals surface area contributed by atoms with E-state index in [9.17, 15) is 4.79 Å². The molecule has 1 aliphatic rings. The maximum atomic E-state index is 10.4. The van der Waals surface area contributed by atoms with Crippen molar-refractivity contribution in [2.24, 2.45) is 0 Å². The number of para-hydroxylation sites is 1. The molecule has 0 atom stereocenters. The largest absolute Gasteiger partial charge is 0.481 e. The van der Waals surface area contributed by atoms with Gasteiger partial charge in [-0.25, -0.2) is 0 Å². The molecular formula is C12H16ClNO2. The average molecular weight is 242 g/mol. The molecule has 0 bridgehead atoms. The lowest BCUT2D eigenvalue weighted by molar-refractivity contribution is -0.137. The van der Waals surface area contributed by atoms with E-state index in [1.807, 2.05) is 6.07 Å². The van der Waals surface area contributed by atoms with E-state index in [1.165, 1.54) is 11.3 Å². The molecule has 88 valence electrons. The van der Waals surface area contributed by atoms with Crippen molar-refractivity contribution in [1.82, 2.24) is 0 Å². The summed E-state index contributed by atoms with van der Waals surface area (Å²) in [4.78, 5) is 12.7. The summed E-state index contributed by atoms with van der Waals surface area (Å²) in [7, 11) is 0. The molecule has 4 heteroatoms. The van der Waals surface area contributed by atoms with Crippen molar-refractivity contribution >= 4 is 24.1 Å². The van der Waals surface area contributed by atoms with Crippen molar-refractivity contribution in [3.8, 4) is 0 Å². The predicted octanol–water partition coefficient (Wildman–Crippen LogP) is 2.34. The van der Waals surface area contributed by atoms with Crippen molar-refractivity contribution in [3.63, 3.8) is 0 Å². The Labute approximate surface area is 101 Å². The Balaban J connectivity index is 0.00000128. The molecule has 1 aromatic carbocycles. The molecule has 3 nitrogen and oxygen atoms in total. The lowest BCUT2D eigenvalue weighted by Crippen LogP contribution is -2.22. The fourth-order valence-corrected chi connectivity index (χ4v) is 2.06. The van der Waals surface area contributed by atoms with Gasteiger partial charge in [0.1, 0.15) is 0 Å². The van der Waals surface area contributed by atoms with Crippen LogP contribution in [0.15, 0.2) is 24.3 Å². The number of benzene rings is 1. The number of aliphatic carboxylic acids is 1. The predicted molar refractivity (Wildman–Crippen MR) is 66.5 cm³/mol. The van der Waals surface area contributed by atoms with Crippen LogP contribution in [0.2, 0.25) is 0 Å². The number of fused-ring (bicyclic) bond motifs is 1. The maximum absolute atomic E-state index is 10.4. The number of carbonyl (C=O) groups is 1. The van der Waals surface area contributed by atoms with E-state index in [1.54, 1.807) is 0 Å². The van der Waals surface area contributed by atoms with Crippen LogP contribution in [0.5, 0.6) is 0 Å². The molecule has 0 spiro atoms. The van der Waals surface area contributed by atoms with Gasteiger partial charge in [-0.2, -0.15) is 0 Å². The van der Waals surface area contributed by atoms with E-state index >= 15 is 0 Å². The first-order valence-electron chi connectivity index (χ1n) is 5.32. The van der Waals surface area contributed by atoms with Crippen LogP contribution in [0.3, 0.4) is 0 Å². The molecule has 1 N–H and O–H groups in total.